The van der Waals surface area contributed by atoms with Crippen LogP contribution in [-0.4, -0.2) is 17.6 Å². The summed E-state index contributed by atoms with van der Waals surface area (Å²) in [5, 5.41) is 0.567. The molecule has 0 radical (unpaired) electrons. The van der Waals surface area contributed by atoms with Crippen LogP contribution in [0.25, 0.3) is 20.3 Å². The number of pyridine rings is 1. The largest absolute Gasteiger partial charge is 0.462 e. The minimum atomic E-state index is -0.686. The minimum Gasteiger partial charge on any atom is -0.462 e. The highest BCUT2D eigenvalue weighted by molar-refractivity contribution is 7.24. The van der Waals surface area contributed by atoms with Crippen molar-refractivity contribution in [2.24, 2.45) is 0 Å². The van der Waals surface area contributed by atoms with E-state index in [2.05, 4.69) is 4.98 Å². The first-order valence-corrected chi connectivity index (χ1v) is 7.60. The van der Waals surface area contributed by atoms with Crippen LogP contribution in [0.3, 0.4) is 0 Å². The second-order valence-electron chi connectivity index (χ2n) is 4.89. The van der Waals surface area contributed by atoms with Crippen LogP contribution < -0.4 is 10.9 Å². The molecule has 0 atom stereocenters. The van der Waals surface area contributed by atoms with Crippen molar-refractivity contribution in [2.45, 2.75) is 13.8 Å². The maximum absolute atomic E-state index is 12.5. The number of nitrogens with one attached hydrogen (secondary N) is 1. The Kier molecular flexibility index (Phi) is 3.54. The van der Waals surface area contributed by atoms with Gasteiger partial charge in [0.05, 0.1) is 6.61 Å². The summed E-state index contributed by atoms with van der Waals surface area (Å²) in [4.78, 5) is 39.5. The molecule has 0 saturated heterocycles. The molecule has 6 heteroatoms. The molecule has 0 saturated carbocycles. The molecule has 0 aliphatic heterocycles. The smallest absolute Gasteiger partial charge is 0.343 e. The van der Waals surface area contributed by atoms with Crippen molar-refractivity contribution < 1.29 is 9.53 Å². The third kappa shape index (κ3) is 2.21. The summed E-state index contributed by atoms with van der Waals surface area (Å²) in [5.74, 6) is -0.686. The zero-order valence-corrected chi connectivity index (χ0v) is 12.9. The van der Waals surface area contributed by atoms with E-state index < -0.39 is 11.4 Å². The Labute approximate surface area is 129 Å². The second-order valence-corrected chi connectivity index (χ2v) is 5.94. The number of H-pyrrole nitrogens is 1. The van der Waals surface area contributed by atoms with Gasteiger partial charge in [-0.05, 0) is 26.0 Å². The minimum absolute atomic E-state index is 0.0866. The van der Waals surface area contributed by atoms with Crippen LogP contribution in [0.4, 0.5) is 0 Å². The molecule has 0 spiro atoms. The van der Waals surface area contributed by atoms with Gasteiger partial charge in [-0.25, -0.2) is 4.79 Å². The molecule has 1 aromatic carbocycles. The van der Waals surface area contributed by atoms with Crippen molar-refractivity contribution in [2.75, 3.05) is 6.61 Å². The molecule has 3 rings (SSSR count). The van der Waals surface area contributed by atoms with Gasteiger partial charge in [-0.1, -0.05) is 11.6 Å². The first-order valence-electron chi connectivity index (χ1n) is 6.79. The summed E-state index contributed by atoms with van der Waals surface area (Å²) >= 11 is 1.20. The van der Waals surface area contributed by atoms with Gasteiger partial charge in [0, 0.05) is 16.3 Å². The number of ether oxygens (including phenoxy) is 1. The first-order chi connectivity index (χ1) is 10.5. The molecule has 0 aliphatic rings. The van der Waals surface area contributed by atoms with Crippen LogP contribution in [-0.2, 0) is 4.74 Å². The maximum atomic E-state index is 12.5. The molecule has 0 unspecified atom stereocenters. The van der Waals surface area contributed by atoms with Crippen LogP contribution in [0, 0.1) is 6.92 Å². The van der Waals surface area contributed by atoms with Crippen molar-refractivity contribution in [1.29, 1.82) is 0 Å². The van der Waals surface area contributed by atoms with Crippen molar-refractivity contribution in [1.82, 2.24) is 4.98 Å². The van der Waals surface area contributed by atoms with E-state index in [4.69, 9.17) is 4.74 Å². The van der Waals surface area contributed by atoms with Crippen molar-refractivity contribution in [3.8, 4) is 0 Å². The molecule has 3 aromatic rings. The predicted molar refractivity (Wildman–Crippen MR) is 86.9 cm³/mol. The summed E-state index contributed by atoms with van der Waals surface area (Å²) in [7, 11) is 0. The third-order valence-corrected chi connectivity index (χ3v) is 4.52. The standard InChI is InChI=1S/C16H13NO4S/c1-3-21-16(20)10-7-17-12-13(18)9-6-8(2)4-5-11(9)22-15(12)14(10)19/h4-7H,3H2,1-2H3,(H,17,19). The van der Waals surface area contributed by atoms with Crippen molar-refractivity contribution in [3.63, 3.8) is 0 Å². The van der Waals surface area contributed by atoms with Gasteiger partial charge in [0.15, 0.2) is 0 Å². The normalized spacial score (nSPS) is 11.0. The lowest BCUT2D eigenvalue weighted by molar-refractivity contribution is 0.0524. The average Bonchev–Trinajstić information content (AvgIpc) is 2.49. The van der Waals surface area contributed by atoms with Gasteiger partial charge in [0.2, 0.25) is 10.9 Å². The lowest BCUT2D eigenvalue weighted by Crippen LogP contribution is -2.19. The monoisotopic (exact) mass is 315 g/mol. The molecule has 2 aromatic heterocycles. The number of carbonyl (C=O) groups is 1. The van der Waals surface area contributed by atoms with Gasteiger partial charge in [0.1, 0.15) is 15.8 Å². The SMILES string of the molecule is CCOC(=O)c1c[nH]c2c(=O)c3cc(C)ccc3sc2c1=O. The van der Waals surface area contributed by atoms with Crippen LogP contribution in [0.1, 0.15) is 22.8 Å². The number of benzene rings is 1. The Morgan fingerprint density at radius 1 is 1.27 bits per heavy atom. The summed E-state index contributed by atoms with van der Waals surface area (Å²) in [6.07, 6.45) is 1.25. The second kappa shape index (κ2) is 5.38. The molecule has 2 heterocycles. The Bertz CT molecular complexity index is 1020. The highest BCUT2D eigenvalue weighted by atomic mass is 32.1. The maximum Gasteiger partial charge on any atom is 0.343 e. The molecule has 112 valence electrons. The van der Waals surface area contributed by atoms with E-state index in [1.165, 1.54) is 17.5 Å². The molecule has 0 fully saturated rings. The molecule has 0 bridgehead atoms. The number of fused-ring (bicyclic) bond motifs is 2. The topological polar surface area (TPSA) is 76.2 Å². The number of carbonyl (C=O) groups excluding carboxylic acids is 1. The molecule has 0 aliphatic carbocycles. The summed E-state index contributed by atoms with van der Waals surface area (Å²) in [6.45, 7) is 3.76. The molecule has 0 amide bonds. The van der Waals surface area contributed by atoms with Crippen LogP contribution in [0.15, 0.2) is 34.0 Å². The summed E-state index contributed by atoms with van der Waals surface area (Å²) < 4.78 is 5.82. The number of aromatic nitrogens is 1. The lowest BCUT2D eigenvalue weighted by Gasteiger charge is -2.04. The van der Waals surface area contributed by atoms with E-state index in [9.17, 15) is 14.4 Å². The van der Waals surface area contributed by atoms with E-state index in [1.54, 1.807) is 13.0 Å². The number of aryl methyl sites for hydroxylation is 1. The number of rotatable bonds is 2. The van der Waals surface area contributed by atoms with Crippen LogP contribution in [0.5, 0.6) is 0 Å². The Morgan fingerprint density at radius 2 is 2.05 bits per heavy atom. The fourth-order valence-corrected chi connectivity index (χ4v) is 3.37. The van der Waals surface area contributed by atoms with Gasteiger partial charge in [-0.3, -0.25) is 9.59 Å². The van der Waals surface area contributed by atoms with E-state index in [1.807, 2.05) is 19.1 Å². The van der Waals surface area contributed by atoms with Crippen molar-refractivity contribution >= 4 is 37.6 Å². The van der Waals surface area contributed by atoms with Crippen molar-refractivity contribution in [3.05, 3.63) is 56.0 Å². The van der Waals surface area contributed by atoms with Gasteiger partial charge >= 0.3 is 5.97 Å². The summed E-state index contributed by atoms with van der Waals surface area (Å²) in [5.41, 5.74) is 0.399. The Hall–Kier alpha value is -2.47. The third-order valence-electron chi connectivity index (χ3n) is 3.35. The van der Waals surface area contributed by atoms with Gasteiger partial charge in [-0.15, -0.1) is 11.3 Å². The number of esters is 1. The number of hydrogen-bond acceptors (Lipinski definition) is 5. The van der Waals surface area contributed by atoms with Gasteiger partial charge in [-0.2, -0.15) is 0 Å². The van der Waals surface area contributed by atoms with E-state index in [-0.39, 0.29) is 27.8 Å². The quantitative estimate of drug-likeness (QED) is 0.582. The molecular formula is C16H13NO4S. The first kappa shape index (κ1) is 14.5. The zero-order valence-electron chi connectivity index (χ0n) is 12.1. The van der Waals surface area contributed by atoms with Crippen LogP contribution >= 0.6 is 11.3 Å². The molecule has 1 N–H and O–H groups in total. The average molecular weight is 315 g/mol. The van der Waals surface area contributed by atoms with Gasteiger partial charge in [0.25, 0.3) is 0 Å². The predicted octanol–water partition coefficient (Wildman–Crippen LogP) is 2.59. The highest BCUT2D eigenvalue weighted by Gasteiger charge is 2.17. The van der Waals surface area contributed by atoms with Crippen LogP contribution in [0.2, 0.25) is 0 Å². The Morgan fingerprint density at radius 3 is 2.77 bits per heavy atom. The fourth-order valence-electron chi connectivity index (χ4n) is 2.29. The lowest BCUT2D eigenvalue weighted by atomic mass is 10.1. The van der Waals surface area contributed by atoms with E-state index >= 15 is 0 Å². The molecule has 5 nitrogen and oxygen atoms in total. The molecule has 22 heavy (non-hydrogen) atoms. The summed E-state index contributed by atoms with van der Waals surface area (Å²) in [6, 6.07) is 5.49. The Balaban J connectivity index is 2.39. The van der Waals surface area contributed by atoms with E-state index in [0.717, 1.165) is 10.3 Å². The molecular weight excluding hydrogens is 302 g/mol. The number of aromatic amines is 1. The van der Waals surface area contributed by atoms with Gasteiger partial charge < -0.3 is 9.72 Å². The number of hydrogen-bond donors (Lipinski definition) is 1. The highest BCUT2D eigenvalue weighted by Crippen LogP contribution is 2.22. The van der Waals surface area contributed by atoms with E-state index in [0.29, 0.717) is 5.39 Å². The fraction of sp³-hybridized carbons (Fsp3) is 0.188. The zero-order chi connectivity index (χ0) is 15.9.